The van der Waals surface area contributed by atoms with Crippen molar-refractivity contribution in [2.45, 2.75) is 23.8 Å². The van der Waals surface area contributed by atoms with Crippen LogP contribution in [0.4, 0.5) is 15.8 Å². The number of benzene rings is 3. The first kappa shape index (κ1) is 22.8. The molecule has 1 aliphatic rings. The first-order chi connectivity index (χ1) is 15.7. The van der Waals surface area contributed by atoms with Gasteiger partial charge in [-0.05, 0) is 73.5 Å². The zero-order valence-electron chi connectivity index (χ0n) is 17.1. The normalized spacial score (nSPS) is 13.3. The maximum atomic E-state index is 13.1. The molecule has 4 rings (SSSR count). The SMILES string of the molecule is O=C(Nc1cccc(C(=O)NC2CC2)c1)c1ccc(Cl)c(NS(=O)(=O)c2ccc(F)cc2)c1. The minimum absolute atomic E-state index is 0.00814. The zero-order valence-corrected chi connectivity index (χ0v) is 18.7. The van der Waals surface area contributed by atoms with E-state index >= 15 is 0 Å². The van der Waals surface area contributed by atoms with Gasteiger partial charge < -0.3 is 10.6 Å². The Morgan fingerprint density at radius 2 is 1.61 bits per heavy atom. The second-order valence-electron chi connectivity index (χ2n) is 7.54. The van der Waals surface area contributed by atoms with Gasteiger partial charge in [-0.3, -0.25) is 14.3 Å². The molecule has 7 nitrogen and oxygen atoms in total. The number of halogens is 2. The number of sulfonamides is 1. The predicted octanol–water partition coefficient (Wildman–Crippen LogP) is 4.42. The lowest BCUT2D eigenvalue weighted by Gasteiger charge is -2.12. The van der Waals surface area contributed by atoms with Gasteiger partial charge in [0.1, 0.15) is 5.82 Å². The summed E-state index contributed by atoms with van der Waals surface area (Å²) in [6.45, 7) is 0. The molecule has 0 heterocycles. The summed E-state index contributed by atoms with van der Waals surface area (Å²) >= 11 is 6.12. The highest BCUT2D eigenvalue weighted by molar-refractivity contribution is 7.92. The number of amides is 2. The number of hydrogen-bond acceptors (Lipinski definition) is 4. The van der Waals surface area contributed by atoms with E-state index in [2.05, 4.69) is 15.4 Å². The molecule has 2 amide bonds. The van der Waals surface area contributed by atoms with Gasteiger partial charge in [-0.25, -0.2) is 12.8 Å². The van der Waals surface area contributed by atoms with E-state index in [4.69, 9.17) is 11.6 Å². The lowest BCUT2D eigenvalue weighted by Crippen LogP contribution is -2.25. The van der Waals surface area contributed by atoms with Crippen LogP contribution in [0.3, 0.4) is 0 Å². The highest BCUT2D eigenvalue weighted by atomic mass is 35.5. The van der Waals surface area contributed by atoms with Crippen LogP contribution in [0.25, 0.3) is 0 Å². The molecule has 3 aromatic rings. The topological polar surface area (TPSA) is 104 Å². The standard InChI is InChI=1S/C23H19ClFN3O4S/c24-20-11-4-15(13-21(20)28-33(31,32)19-9-5-16(25)6-10-19)23(30)27-18-3-1-2-14(12-18)22(29)26-17-7-8-17/h1-6,9-13,17,28H,7-8H2,(H,26,29)(H,27,30). The predicted molar refractivity (Wildman–Crippen MR) is 124 cm³/mol. The average molecular weight is 488 g/mol. The van der Waals surface area contributed by atoms with Crippen molar-refractivity contribution in [1.29, 1.82) is 0 Å². The second-order valence-corrected chi connectivity index (χ2v) is 9.63. The van der Waals surface area contributed by atoms with Crippen molar-refractivity contribution in [3.05, 3.63) is 88.7 Å². The first-order valence-corrected chi connectivity index (χ1v) is 11.9. The molecule has 170 valence electrons. The van der Waals surface area contributed by atoms with E-state index in [0.717, 1.165) is 37.1 Å². The van der Waals surface area contributed by atoms with E-state index in [1.54, 1.807) is 24.3 Å². The Bertz CT molecular complexity index is 1330. The number of anilines is 2. The molecule has 1 aliphatic carbocycles. The van der Waals surface area contributed by atoms with Crippen LogP contribution in [0.15, 0.2) is 71.6 Å². The number of rotatable bonds is 7. The number of carbonyl (C=O) groups is 2. The Kier molecular flexibility index (Phi) is 6.35. The van der Waals surface area contributed by atoms with Crippen molar-refractivity contribution in [3.63, 3.8) is 0 Å². The average Bonchev–Trinajstić information content (AvgIpc) is 3.59. The van der Waals surface area contributed by atoms with Crippen LogP contribution in [0.1, 0.15) is 33.6 Å². The van der Waals surface area contributed by atoms with Crippen LogP contribution in [0.5, 0.6) is 0 Å². The summed E-state index contributed by atoms with van der Waals surface area (Å²) in [5.41, 5.74) is 0.964. The Morgan fingerprint density at radius 1 is 0.909 bits per heavy atom. The van der Waals surface area contributed by atoms with E-state index in [1.165, 1.54) is 18.2 Å². The summed E-state index contributed by atoms with van der Waals surface area (Å²) in [5.74, 6) is -1.30. The highest BCUT2D eigenvalue weighted by Crippen LogP contribution is 2.27. The number of hydrogen-bond donors (Lipinski definition) is 3. The molecular weight excluding hydrogens is 469 g/mol. The van der Waals surface area contributed by atoms with E-state index in [9.17, 15) is 22.4 Å². The Balaban J connectivity index is 1.50. The van der Waals surface area contributed by atoms with E-state index in [1.807, 2.05) is 0 Å². The molecule has 33 heavy (non-hydrogen) atoms. The Morgan fingerprint density at radius 3 is 2.30 bits per heavy atom. The Labute approximate surface area is 195 Å². The molecular formula is C23H19ClFN3O4S. The van der Waals surface area contributed by atoms with Gasteiger partial charge in [0, 0.05) is 22.9 Å². The van der Waals surface area contributed by atoms with Crippen LogP contribution in [0.2, 0.25) is 5.02 Å². The fourth-order valence-electron chi connectivity index (χ4n) is 3.00. The van der Waals surface area contributed by atoms with Gasteiger partial charge in [0.25, 0.3) is 21.8 Å². The minimum Gasteiger partial charge on any atom is -0.349 e. The largest absolute Gasteiger partial charge is 0.349 e. The van der Waals surface area contributed by atoms with Gasteiger partial charge in [-0.1, -0.05) is 17.7 Å². The van der Waals surface area contributed by atoms with Crippen molar-refractivity contribution in [3.8, 4) is 0 Å². The number of carbonyl (C=O) groups excluding carboxylic acids is 2. The maximum Gasteiger partial charge on any atom is 0.261 e. The molecule has 1 saturated carbocycles. The fraction of sp³-hybridized carbons (Fsp3) is 0.130. The molecule has 0 atom stereocenters. The summed E-state index contributed by atoms with van der Waals surface area (Å²) in [7, 11) is -4.05. The summed E-state index contributed by atoms with van der Waals surface area (Å²) < 4.78 is 40.6. The third-order valence-electron chi connectivity index (χ3n) is 4.89. The highest BCUT2D eigenvalue weighted by Gasteiger charge is 2.24. The van der Waals surface area contributed by atoms with Gasteiger partial charge >= 0.3 is 0 Å². The van der Waals surface area contributed by atoms with Gasteiger partial charge in [0.15, 0.2) is 0 Å². The minimum atomic E-state index is -4.05. The van der Waals surface area contributed by atoms with Crippen molar-refractivity contribution in [1.82, 2.24) is 5.32 Å². The fourth-order valence-corrected chi connectivity index (χ4v) is 4.29. The lowest BCUT2D eigenvalue weighted by molar-refractivity contribution is 0.0949. The molecule has 10 heteroatoms. The van der Waals surface area contributed by atoms with Crippen molar-refractivity contribution >= 4 is 44.8 Å². The molecule has 0 bridgehead atoms. The van der Waals surface area contributed by atoms with Gasteiger partial charge in [0.2, 0.25) is 0 Å². The monoisotopic (exact) mass is 487 g/mol. The molecule has 0 spiro atoms. The molecule has 0 saturated heterocycles. The van der Waals surface area contributed by atoms with Gasteiger partial charge in [-0.15, -0.1) is 0 Å². The van der Waals surface area contributed by atoms with Crippen LogP contribution < -0.4 is 15.4 Å². The summed E-state index contributed by atoms with van der Waals surface area (Å²) in [5, 5.41) is 5.65. The van der Waals surface area contributed by atoms with Crippen LogP contribution in [-0.4, -0.2) is 26.3 Å². The Hall–Kier alpha value is -3.43. The zero-order chi connectivity index (χ0) is 23.6. The van der Waals surface area contributed by atoms with Gasteiger partial charge in [0.05, 0.1) is 15.6 Å². The smallest absolute Gasteiger partial charge is 0.261 e. The lowest BCUT2D eigenvalue weighted by atomic mass is 10.1. The summed E-state index contributed by atoms with van der Waals surface area (Å²) in [6, 6.07) is 15.1. The molecule has 1 fully saturated rings. The molecule has 3 N–H and O–H groups in total. The van der Waals surface area contributed by atoms with Crippen LogP contribution >= 0.6 is 11.6 Å². The maximum absolute atomic E-state index is 13.1. The molecule has 3 aromatic carbocycles. The number of nitrogens with one attached hydrogen (secondary N) is 3. The third-order valence-corrected chi connectivity index (χ3v) is 6.60. The molecule has 0 aromatic heterocycles. The van der Waals surface area contributed by atoms with E-state index in [0.29, 0.717) is 11.3 Å². The first-order valence-electron chi connectivity index (χ1n) is 10.0. The summed E-state index contributed by atoms with van der Waals surface area (Å²) in [4.78, 5) is 24.8. The van der Waals surface area contributed by atoms with E-state index < -0.39 is 21.7 Å². The van der Waals surface area contributed by atoms with Crippen molar-refractivity contribution in [2.75, 3.05) is 10.0 Å². The van der Waals surface area contributed by atoms with Crippen LogP contribution in [0, 0.1) is 5.82 Å². The van der Waals surface area contributed by atoms with Gasteiger partial charge in [-0.2, -0.15) is 0 Å². The van der Waals surface area contributed by atoms with Crippen molar-refractivity contribution < 1.29 is 22.4 Å². The molecule has 0 aliphatic heterocycles. The van der Waals surface area contributed by atoms with Crippen molar-refractivity contribution in [2.24, 2.45) is 0 Å². The van der Waals surface area contributed by atoms with Crippen LogP contribution in [-0.2, 0) is 10.0 Å². The third kappa shape index (κ3) is 5.68. The molecule has 0 unspecified atom stereocenters. The second kappa shape index (κ2) is 9.21. The summed E-state index contributed by atoms with van der Waals surface area (Å²) in [6.07, 6.45) is 1.93. The van der Waals surface area contributed by atoms with E-state index in [-0.39, 0.29) is 33.1 Å². The quantitative estimate of drug-likeness (QED) is 0.458. The molecule has 0 radical (unpaired) electrons.